The third-order valence-corrected chi connectivity index (χ3v) is 5.47. The van der Waals surface area contributed by atoms with Crippen molar-refractivity contribution in [3.63, 3.8) is 0 Å². The van der Waals surface area contributed by atoms with Crippen molar-refractivity contribution in [1.82, 2.24) is 5.32 Å². The van der Waals surface area contributed by atoms with Crippen LogP contribution in [-0.4, -0.2) is 48.1 Å². The maximum atomic E-state index is 11.0. The number of carbonyl (C=O) groups is 2. The van der Waals surface area contributed by atoms with E-state index in [2.05, 4.69) is 45.2 Å². The van der Waals surface area contributed by atoms with Gasteiger partial charge in [0.2, 0.25) is 0 Å². The first-order valence-electron chi connectivity index (χ1n) is 7.68. The Morgan fingerprint density at radius 3 is 2.52 bits per heavy atom. The van der Waals surface area contributed by atoms with Gasteiger partial charge in [-0.15, -0.1) is 0 Å². The minimum absolute atomic E-state index is 0.319. The predicted molar refractivity (Wildman–Crippen MR) is 97.1 cm³/mol. The fourth-order valence-electron chi connectivity index (χ4n) is 2.09. The van der Waals surface area contributed by atoms with E-state index in [4.69, 9.17) is 5.11 Å². The molecule has 2 N–H and O–H groups in total. The molecule has 0 aromatic heterocycles. The quantitative estimate of drug-likeness (QED) is 0.442. The Bertz CT molecular complexity index is 522. The van der Waals surface area contributed by atoms with Crippen LogP contribution < -0.4 is 5.32 Å². The molecular weight excluding hydrogens is 377 g/mol. The van der Waals surface area contributed by atoms with Gasteiger partial charge in [0.05, 0.1) is 0 Å². The van der Waals surface area contributed by atoms with E-state index in [-0.39, 0.29) is 5.91 Å². The van der Waals surface area contributed by atoms with E-state index in [0.717, 1.165) is 35.9 Å². The zero-order chi connectivity index (χ0) is 17.1. The molecule has 1 aromatic rings. The third kappa shape index (κ3) is 9.59. The molecule has 1 amide bonds. The van der Waals surface area contributed by atoms with Crippen molar-refractivity contribution in [1.29, 1.82) is 0 Å². The number of benzene rings is 1. The molecular formula is C17H23NO3SSe. The zero-order valence-electron chi connectivity index (χ0n) is 13.3. The first-order chi connectivity index (χ1) is 11.0. The number of carboxylic acid groups (broad SMARTS) is 1. The second-order valence-electron chi connectivity index (χ2n) is 5.32. The summed E-state index contributed by atoms with van der Waals surface area (Å²) in [6.07, 6.45) is 5.42. The Balaban J connectivity index is 2.14. The van der Waals surface area contributed by atoms with E-state index >= 15 is 0 Å². The molecule has 1 unspecified atom stereocenters. The fourth-order valence-corrected chi connectivity index (χ4v) is 3.69. The van der Waals surface area contributed by atoms with Gasteiger partial charge in [0.25, 0.3) is 0 Å². The Morgan fingerprint density at radius 1 is 1.22 bits per heavy atom. The standard InChI is InChI=1S/C17H23NO3SSe/c1-13(19)18-15(17(20)21)12-22-16(23)11-7-3-6-10-14-8-4-2-5-9-14/h2,4-5,8-9,15H,3,6-7,10-12H2,1H3,(H,18,19)(H,20,21). The van der Waals surface area contributed by atoms with Crippen LogP contribution in [0.25, 0.3) is 0 Å². The molecule has 0 saturated heterocycles. The SMILES string of the molecule is CC(=O)NC(CSC(=[Se])CCCCCc1ccccc1)C(=O)O. The number of hydrogen-bond acceptors (Lipinski definition) is 3. The molecule has 0 aliphatic carbocycles. The van der Waals surface area contributed by atoms with Gasteiger partial charge < -0.3 is 0 Å². The number of carbonyl (C=O) groups excluding carboxylic acids is 1. The van der Waals surface area contributed by atoms with Crippen molar-refractivity contribution >= 4 is 43.0 Å². The topological polar surface area (TPSA) is 66.4 Å². The van der Waals surface area contributed by atoms with Crippen molar-refractivity contribution in [2.45, 2.75) is 45.1 Å². The van der Waals surface area contributed by atoms with Crippen LogP contribution >= 0.6 is 11.8 Å². The van der Waals surface area contributed by atoms with Gasteiger partial charge in [0.15, 0.2) is 0 Å². The first-order valence-corrected chi connectivity index (χ1v) is 9.52. The molecule has 0 bridgehead atoms. The van der Waals surface area contributed by atoms with Gasteiger partial charge in [-0.1, -0.05) is 0 Å². The van der Waals surface area contributed by atoms with Gasteiger partial charge in [0, 0.05) is 0 Å². The van der Waals surface area contributed by atoms with Gasteiger partial charge >= 0.3 is 150 Å². The van der Waals surface area contributed by atoms with Crippen LogP contribution in [-0.2, 0) is 16.0 Å². The number of thioether (sulfide) groups is 1. The van der Waals surface area contributed by atoms with Crippen LogP contribution in [0.3, 0.4) is 0 Å². The molecule has 0 radical (unpaired) electrons. The van der Waals surface area contributed by atoms with Crippen LogP contribution in [0.5, 0.6) is 0 Å². The predicted octanol–water partition coefficient (Wildman–Crippen LogP) is 2.41. The molecule has 4 nitrogen and oxygen atoms in total. The molecule has 0 heterocycles. The molecule has 0 fully saturated rings. The van der Waals surface area contributed by atoms with Gasteiger partial charge in [-0.3, -0.25) is 0 Å². The minimum atomic E-state index is -0.997. The summed E-state index contributed by atoms with van der Waals surface area (Å²) >= 11 is 4.48. The fraction of sp³-hybridized carbons (Fsp3) is 0.471. The Labute approximate surface area is 149 Å². The molecule has 1 aromatic carbocycles. The van der Waals surface area contributed by atoms with Crippen LogP contribution in [0.1, 0.15) is 38.2 Å². The average molecular weight is 400 g/mol. The Kier molecular flexibility index (Phi) is 9.92. The molecule has 0 aliphatic rings. The molecule has 0 aliphatic heterocycles. The molecule has 1 rings (SSSR count). The summed E-state index contributed by atoms with van der Waals surface area (Å²) < 4.78 is 1.10. The molecule has 0 spiro atoms. The second kappa shape index (κ2) is 11.4. The van der Waals surface area contributed by atoms with Gasteiger partial charge in [-0.2, -0.15) is 0 Å². The summed E-state index contributed by atoms with van der Waals surface area (Å²) in [5, 5.41) is 11.5. The zero-order valence-corrected chi connectivity index (χ0v) is 15.8. The molecule has 0 saturated carbocycles. The van der Waals surface area contributed by atoms with Crippen LogP contribution in [0.15, 0.2) is 30.3 Å². The van der Waals surface area contributed by atoms with Crippen LogP contribution in [0.2, 0.25) is 0 Å². The molecule has 126 valence electrons. The van der Waals surface area contributed by atoms with E-state index in [0.29, 0.717) is 5.75 Å². The number of unbranched alkanes of at least 4 members (excludes halogenated alkanes) is 2. The van der Waals surface area contributed by atoms with Crippen LogP contribution in [0.4, 0.5) is 0 Å². The van der Waals surface area contributed by atoms with Gasteiger partial charge in [-0.05, 0) is 0 Å². The van der Waals surface area contributed by atoms with E-state index in [9.17, 15) is 9.59 Å². The van der Waals surface area contributed by atoms with Crippen LogP contribution in [0, 0.1) is 0 Å². The van der Waals surface area contributed by atoms with E-state index < -0.39 is 12.0 Å². The normalized spacial score (nSPS) is 11.7. The number of rotatable bonds is 11. The summed E-state index contributed by atoms with van der Waals surface area (Å²) in [6, 6.07) is 9.61. The molecule has 1 atom stereocenters. The molecule has 6 heteroatoms. The number of nitrogens with one attached hydrogen (secondary N) is 1. The van der Waals surface area contributed by atoms with E-state index in [1.165, 1.54) is 24.2 Å². The number of aliphatic carboxylic acids is 1. The summed E-state index contributed by atoms with van der Waals surface area (Å²) in [4.78, 5) is 22.0. The summed E-state index contributed by atoms with van der Waals surface area (Å²) in [5.74, 6) is -0.967. The second-order valence-corrected chi connectivity index (χ2v) is 8.05. The van der Waals surface area contributed by atoms with Gasteiger partial charge in [-0.25, -0.2) is 0 Å². The number of amides is 1. The number of carboxylic acids is 1. The monoisotopic (exact) mass is 401 g/mol. The van der Waals surface area contributed by atoms with Crippen molar-refractivity contribution in [3.8, 4) is 0 Å². The third-order valence-electron chi connectivity index (χ3n) is 3.28. The van der Waals surface area contributed by atoms with Crippen molar-refractivity contribution in [2.24, 2.45) is 0 Å². The summed E-state index contributed by atoms with van der Waals surface area (Å²) in [5.41, 5.74) is 1.37. The van der Waals surface area contributed by atoms with Gasteiger partial charge in [0.1, 0.15) is 0 Å². The van der Waals surface area contributed by atoms with Crippen molar-refractivity contribution < 1.29 is 14.7 Å². The number of aryl methyl sites for hydroxylation is 1. The first kappa shape index (κ1) is 19.9. The van der Waals surface area contributed by atoms with Crippen molar-refractivity contribution in [2.75, 3.05) is 5.75 Å². The summed E-state index contributed by atoms with van der Waals surface area (Å²) in [7, 11) is 0. The molecule has 23 heavy (non-hydrogen) atoms. The van der Waals surface area contributed by atoms with E-state index in [1.54, 1.807) is 0 Å². The Morgan fingerprint density at radius 2 is 1.91 bits per heavy atom. The van der Waals surface area contributed by atoms with Crippen molar-refractivity contribution in [3.05, 3.63) is 35.9 Å². The summed E-state index contributed by atoms with van der Waals surface area (Å²) in [6.45, 7) is 1.33. The Hall–Kier alpha value is -1.10. The number of hydrogen-bond donors (Lipinski definition) is 2. The average Bonchev–Trinajstić information content (AvgIpc) is 2.51. The van der Waals surface area contributed by atoms with E-state index in [1.807, 2.05) is 6.07 Å². The maximum absolute atomic E-state index is 11.0.